The fourth-order valence-electron chi connectivity index (χ4n) is 2.31. The van der Waals surface area contributed by atoms with Gasteiger partial charge in [-0.3, -0.25) is 0 Å². The van der Waals surface area contributed by atoms with Gasteiger partial charge in [0.1, 0.15) is 11.5 Å². The van der Waals surface area contributed by atoms with Crippen LogP contribution < -0.4 is 5.32 Å². The lowest BCUT2D eigenvalue weighted by Gasteiger charge is -2.11. The molecule has 0 spiro atoms. The van der Waals surface area contributed by atoms with Crippen molar-refractivity contribution in [3.05, 3.63) is 34.2 Å². The molecule has 3 aromatic rings. The van der Waals surface area contributed by atoms with Crippen LogP contribution in [0.4, 0.5) is 5.82 Å². The average Bonchev–Trinajstić information content (AvgIpc) is 2.91. The number of rotatable bonds is 4. The first kappa shape index (κ1) is 13.9. The predicted octanol–water partition coefficient (Wildman–Crippen LogP) is 4.19. The molecule has 0 saturated heterocycles. The SMILES string of the molecule is CCCNc1nc(-c2csc(C)n2)nc2cccc(C)c12. The topological polar surface area (TPSA) is 50.7 Å². The third kappa shape index (κ3) is 2.74. The molecular weight excluding hydrogens is 280 g/mol. The smallest absolute Gasteiger partial charge is 0.181 e. The maximum atomic E-state index is 4.70. The molecule has 21 heavy (non-hydrogen) atoms. The average molecular weight is 298 g/mol. The Morgan fingerprint density at radius 2 is 2.00 bits per heavy atom. The van der Waals surface area contributed by atoms with Crippen molar-refractivity contribution in [1.82, 2.24) is 15.0 Å². The first-order valence-electron chi connectivity index (χ1n) is 7.12. The molecule has 2 aromatic heterocycles. The molecule has 0 saturated carbocycles. The molecule has 5 heteroatoms. The van der Waals surface area contributed by atoms with E-state index in [0.29, 0.717) is 5.82 Å². The molecule has 2 heterocycles. The molecule has 0 unspecified atom stereocenters. The van der Waals surface area contributed by atoms with Crippen LogP contribution in [0.15, 0.2) is 23.6 Å². The maximum Gasteiger partial charge on any atom is 0.181 e. The van der Waals surface area contributed by atoms with E-state index in [1.165, 1.54) is 5.56 Å². The molecular formula is C16H18N4S. The van der Waals surface area contributed by atoms with Crippen molar-refractivity contribution in [1.29, 1.82) is 0 Å². The van der Waals surface area contributed by atoms with Crippen LogP contribution in [0, 0.1) is 13.8 Å². The largest absolute Gasteiger partial charge is 0.369 e. The van der Waals surface area contributed by atoms with Crippen LogP contribution in [0.1, 0.15) is 23.9 Å². The second-order valence-corrected chi connectivity index (χ2v) is 6.11. The van der Waals surface area contributed by atoms with Crippen molar-refractivity contribution in [3.63, 3.8) is 0 Å². The molecule has 0 radical (unpaired) electrons. The molecule has 0 bridgehead atoms. The Kier molecular flexibility index (Phi) is 3.84. The highest BCUT2D eigenvalue weighted by molar-refractivity contribution is 7.09. The normalized spacial score (nSPS) is 11.0. The van der Waals surface area contributed by atoms with Gasteiger partial charge in [0.25, 0.3) is 0 Å². The van der Waals surface area contributed by atoms with E-state index in [-0.39, 0.29) is 0 Å². The van der Waals surface area contributed by atoms with Gasteiger partial charge in [-0.1, -0.05) is 19.1 Å². The van der Waals surface area contributed by atoms with Crippen LogP contribution in [0.3, 0.4) is 0 Å². The molecule has 108 valence electrons. The van der Waals surface area contributed by atoms with Crippen molar-refractivity contribution in [2.45, 2.75) is 27.2 Å². The standard InChI is InChI=1S/C16H18N4S/c1-4-8-17-16-14-10(2)6-5-7-12(14)19-15(20-16)13-9-21-11(3)18-13/h5-7,9H,4,8H2,1-3H3,(H,17,19,20). The molecule has 4 nitrogen and oxygen atoms in total. The van der Waals surface area contributed by atoms with E-state index in [0.717, 1.165) is 40.4 Å². The summed E-state index contributed by atoms with van der Waals surface area (Å²) >= 11 is 1.62. The number of anilines is 1. The third-order valence-corrected chi connectivity index (χ3v) is 4.10. The fraction of sp³-hybridized carbons (Fsp3) is 0.312. The van der Waals surface area contributed by atoms with Crippen LogP contribution in [-0.2, 0) is 0 Å². The number of aryl methyl sites for hydroxylation is 2. The van der Waals surface area contributed by atoms with Gasteiger partial charge in [-0.25, -0.2) is 15.0 Å². The zero-order valence-corrected chi connectivity index (χ0v) is 13.3. The van der Waals surface area contributed by atoms with Gasteiger partial charge >= 0.3 is 0 Å². The molecule has 1 N–H and O–H groups in total. The number of fused-ring (bicyclic) bond motifs is 1. The number of hydrogen-bond donors (Lipinski definition) is 1. The van der Waals surface area contributed by atoms with E-state index in [1.54, 1.807) is 11.3 Å². The number of nitrogens with zero attached hydrogens (tertiary/aromatic N) is 3. The van der Waals surface area contributed by atoms with E-state index in [2.05, 4.69) is 35.2 Å². The van der Waals surface area contributed by atoms with Gasteiger partial charge in [-0.05, 0) is 31.9 Å². The van der Waals surface area contributed by atoms with Gasteiger partial charge in [-0.15, -0.1) is 11.3 Å². The van der Waals surface area contributed by atoms with E-state index < -0.39 is 0 Å². The highest BCUT2D eigenvalue weighted by Gasteiger charge is 2.12. The predicted molar refractivity (Wildman–Crippen MR) is 88.9 cm³/mol. The van der Waals surface area contributed by atoms with E-state index in [1.807, 2.05) is 24.4 Å². The summed E-state index contributed by atoms with van der Waals surface area (Å²) in [5.41, 5.74) is 3.00. The van der Waals surface area contributed by atoms with Crippen molar-refractivity contribution < 1.29 is 0 Å². The second-order valence-electron chi connectivity index (χ2n) is 5.04. The summed E-state index contributed by atoms with van der Waals surface area (Å²) in [6, 6.07) is 6.16. The zero-order valence-electron chi connectivity index (χ0n) is 12.5. The minimum atomic E-state index is 0.691. The Morgan fingerprint density at radius 3 is 2.71 bits per heavy atom. The van der Waals surface area contributed by atoms with Crippen LogP contribution in [-0.4, -0.2) is 21.5 Å². The summed E-state index contributed by atoms with van der Waals surface area (Å²) in [5, 5.41) is 7.56. The summed E-state index contributed by atoms with van der Waals surface area (Å²) in [7, 11) is 0. The second kappa shape index (κ2) is 5.77. The van der Waals surface area contributed by atoms with Crippen molar-refractivity contribution in [3.8, 4) is 11.5 Å². The highest BCUT2D eigenvalue weighted by Crippen LogP contribution is 2.28. The van der Waals surface area contributed by atoms with Gasteiger partial charge in [-0.2, -0.15) is 0 Å². The monoisotopic (exact) mass is 298 g/mol. The van der Waals surface area contributed by atoms with E-state index >= 15 is 0 Å². The fourth-order valence-corrected chi connectivity index (χ4v) is 2.90. The highest BCUT2D eigenvalue weighted by atomic mass is 32.1. The molecule has 0 atom stereocenters. The van der Waals surface area contributed by atoms with Crippen LogP contribution in [0.2, 0.25) is 0 Å². The third-order valence-electron chi connectivity index (χ3n) is 3.32. The zero-order chi connectivity index (χ0) is 14.8. The summed E-state index contributed by atoms with van der Waals surface area (Å²) < 4.78 is 0. The summed E-state index contributed by atoms with van der Waals surface area (Å²) in [5.74, 6) is 1.59. The van der Waals surface area contributed by atoms with Gasteiger partial charge in [0, 0.05) is 17.3 Å². The number of aromatic nitrogens is 3. The molecule has 0 aliphatic rings. The Bertz CT molecular complexity index is 779. The molecule has 0 aliphatic heterocycles. The number of benzene rings is 1. The quantitative estimate of drug-likeness (QED) is 0.784. The number of hydrogen-bond acceptors (Lipinski definition) is 5. The lowest BCUT2D eigenvalue weighted by atomic mass is 10.1. The summed E-state index contributed by atoms with van der Waals surface area (Å²) in [6.07, 6.45) is 1.06. The summed E-state index contributed by atoms with van der Waals surface area (Å²) in [6.45, 7) is 7.13. The minimum Gasteiger partial charge on any atom is -0.369 e. The number of thiazole rings is 1. The van der Waals surface area contributed by atoms with Crippen LogP contribution in [0.25, 0.3) is 22.4 Å². The molecule has 1 aromatic carbocycles. The lowest BCUT2D eigenvalue weighted by molar-refractivity contribution is 0.969. The van der Waals surface area contributed by atoms with Crippen LogP contribution in [0.5, 0.6) is 0 Å². The van der Waals surface area contributed by atoms with Gasteiger partial charge < -0.3 is 5.32 Å². The summed E-state index contributed by atoms with van der Waals surface area (Å²) in [4.78, 5) is 13.9. The van der Waals surface area contributed by atoms with E-state index in [9.17, 15) is 0 Å². The van der Waals surface area contributed by atoms with Gasteiger partial charge in [0.2, 0.25) is 0 Å². The lowest BCUT2D eigenvalue weighted by Crippen LogP contribution is -2.05. The maximum absolute atomic E-state index is 4.70. The van der Waals surface area contributed by atoms with Crippen molar-refractivity contribution >= 4 is 28.1 Å². The molecule has 0 fully saturated rings. The number of nitrogens with one attached hydrogen (secondary N) is 1. The molecule has 0 aliphatic carbocycles. The molecule has 0 amide bonds. The Labute approximate surface area is 128 Å². The Balaban J connectivity index is 2.19. The van der Waals surface area contributed by atoms with Crippen molar-refractivity contribution in [2.75, 3.05) is 11.9 Å². The van der Waals surface area contributed by atoms with E-state index in [4.69, 9.17) is 4.98 Å². The molecule has 3 rings (SSSR count). The Morgan fingerprint density at radius 1 is 1.14 bits per heavy atom. The Hall–Kier alpha value is -2.01. The first-order chi connectivity index (χ1) is 10.2. The van der Waals surface area contributed by atoms with Crippen LogP contribution >= 0.6 is 11.3 Å². The minimum absolute atomic E-state index is 0.691. The van der Waals surface area contributed by atoms with Gasteiger partial charge in [0.15, 0.2) is 5.82 Å². The van der Waals surface area contributed by atoms with Crippen molar-refractivity contribution in [2.24, 2.45) is 0 Å². The van der Waals surface area contributed by atoms with Gasteiger partial charge in [0.05, 0.1) is 10.5 Å². The first-order valence-corrected chi connectivity index (χ1v) is 8.00.